The van der Waals surface area contributed by atoms with Crippen molar-refractivity contribution in [2.45, 2.75) is 25.7 Å². The van der Waals surface area contributed by atoms with Gasteiger partial charge >= 0.3 is 0 Å². The first-order chi connectivity index (χ1) is 11.2. The average molecular weight is 318 g/mol. The monoisotopic (exact) mass is 318 g/mol. The topological polar surface area (TPSA) is 53.0 Å². The highest BCUT2D eigenvalue weighted by atomic mass is 16.5. The fraction of sp³-hybridized carbons (Fsp3) is 0.611. The van der Waals surface area contributed by atoms with Gasteiger partial charge in [-0.05, 0) is 61.9 Å². The van der Waals surface area contributed by atoms with Crippen LogP contribution in [0.2, 0.25) is 0 Å². The fourth-order valence-electron chi connectivity index (χ4n) is 3.68. The van der Waals surface area contributed by atoms with E-state index in [9.17, 15) is 9.90 Å². The maximum absolute atomic E-state index is 12.8. The van der Waals surface area contributed by atoms with Crippen molar-refractivity contribution in [3.05, 3.63) is 23.8 Å². The summed E-state index contributed by atoms with van der Waals surface area (Å²) in [4.78, 5) is 16.9. The second-order valence-electron chi connectivity index (χ2n) is 6.57. The quantitative estimate of drug-likeness (QED) is 0.918. The van der Waals surface area contributed by atoms with E-state index in [-0.39, 0.29) is 12.5 Å². The van der Waals surface area contributed by atoms with E-state index in [1.165, 1.54) is 5.56 Å². The lowest BCUT2D eigenvalue weighted by atomic mass is 9.98. The smallest absolute Gasteiger partial charge is 0.241 e. The molecule has 23 heavy (non-hydrogen) atoms. The lowest BCUT2D eigenvalue weighted by Gasteiger charge is -2.35. The van der Waals surface area contributed by atoms with E-state index in [2.05, 4.69) is 4.90 Å². The average Bonchev–Trinajstić information content (AvgIpc) is 2.60. The van der Waals surface area contributed by atoms with Gasteiger partial charge in [-0.1, -0.05) is 0 Å². The number of methoxy groups -OCH3 is 1. The van der Waals surface area contributed by atoms with E-state index in [0.29, 0.717) is 12.5 Å². The maximum Gasteiger partial charge on any atom is 0.241 e. The van der Waals surface area contributed by atoms with Gasteiger partial charge in [0, 0.05) is 25.4 Å². The lowest BCUT2D eigenvalue weighted by molar-refractivity contribution is -0.120. The highest BCUT2D eigenvalue weighted by molar-refractivity contribution is 5.96. The van der Waals surface area contributed by atoms with E-state index < -0.39 is 0 Å². The molecule has 1 amide bonds. The van der Waals surface area contributed by atoms with Crippen LogP contribution in [0.25, 0.3) is 0 Å². The zero-order valence-corrected chi connectivity index (χ0v) is 13.8. The van der Waals surface area contributed by atoms with E-state index in [0.717, 1.165) is 56.8 Å². The molecular formula is C18H26N2O3. The number of aliphatic hydroxyl groups is 1. The Hall–Kier alpha value is -1.59. The molecule has 0 bridgehead atoms. The summed E-state index contributed by atoms with van der Waals surface area (Å²) >= 11 is 0. The van der Waals surface area contributed by atoms with Crippen molar-refractivity contribution in [2.75, 3.05) is 44.8 Å². The summed E-state index contributed by atoms with van der Waals surface area (Å²) < 4.78 is 5.29. The van der Waals surface area contributed by atoms with Gasteiger partial charge in [-0.15, -0.1) is 0 Å². The molecular weight excluding hydrogens is 292 g/mol. The molecule has 0 aromatic heterocycles. The van der Waals surface area contributed by atoms with E-state index in [1.54, 1.807) is 7.11 Å². The summed E-state index contributed by atoms with van der Waals surface area (Å²) in [5.74, 6) is 1.32. The second-order valence-corrected chi connectivity index (χ2v) is 6.57. The molecule has 2 aliphatic rings. The summed E-state index contributed by atoms with van der Waals surface area (Å²) in [5.41, 5.74) is 2.22. The van der Waals surface area contributed by atoms with Crippen LogP contribution in [-0.4, -0.2) is 55.8 Å². The third kappa shape index (κ3) is 3.67. The van der Waals surface area contributed by atoms with Crippen molar-refractivity contribution in [1.82, 2.24) is 4.90 Å². The molecule has 0 radical (unpaired) electrons. The van der Waals surface area contributed by atoms with Gasteiger partial charge in [-0.3, -0.25) is 9.69 Å². The van der Waals surface area contributed by atoms with E-state index in [1.807, 2.05) is 23.1 Å². The lowest BCUT2D eigenvalue weighted by Crippen LogP contribution is -2.46. The molecule has 1 aromatic rings. The van der Waals surface area contributed by atoms with Crippen LogP contribution in [0, 0.1) is 5.92 Å². The number of likely N-dealkylation sites (tertiary alicyclic amines) is 1. The molecule has 126 valence electrons. The molecule has 5 nitrogen and oxygen atoms in total. The van der Waals surface area contributed by atoms with Crippen LogP contribution in [0.5, 0.6) is 5.75 Å². The molecule has 0 spiro atoms. The standard InChI is InChI=1S/C18H26N2O3/c1-23-16-6-7-17-15(10-16)5-3-9-20(17)18(22)12-19-8-2-4-14(11-19)13-21/h6-7,10,14,21H,2-5,8-9,11-13H2,1H3. The van der Waals surface area contributed by atoms with Gasteiger partial charge in [0.2, 0.25) is 5.91 Å². The first kappa shape index (κ1) is 16.3. The zero-order valence-electron chi connectivity index (χ0n) is 13.8. The number of aliphatic hydroxyl groups excluding tert-OH is 1. The van der Waals surface area contributed by atoms with Gasteiger partial charge in [-0.2, -0.15) is 0 Å². The molecule has 1 atom stereocenters. The molecule has 5 heteroatoms. The van der Waals surface area contributed by atoms with Crippen LogP contribution in [0.3, 0.4) is 0 Å². The Labute approximate surface area is 137 Å². The Bertz CT molecular complexity index is 561. The van der Waals surface area contributed by atoms with Crippen molar-refractivity contribution < 1.29 is 14.6 Å². The van der Waals surface area contributed by atoms with Gasteiger partial charge in [0.25, 0.3) is 0 Å². The van der Waals surface area contributed by atoms with Crippen molar-refractivity contribution in [2.24, 2.45) is 5.92 Å². The number of carbonyl (C=O) groups excluding carboxylic acids is 1. The summed E-state index contributed by atoms with van der Waals surface area (Å²) in [5, 5.41) is 9.34. The summed E-state index contributed by atoms with van der Waals surface area (Å²) in [6.07, 6.45) is 4.11. The first-order valence-electron chi connectivity index (χ1n) is 8.51. The Balaban J connectivity index is 1.69. The number of amides is 1. The maximum atomic E-state index is 12.8. The number of aryl methyl sites for hydroxylation is 1. The number of benzene rings is 1. The highest BCUT2D eigenvalue weighted by Gasteiger charge is 2.26. The number of piperidine rings is 1. The predicted molar refractivity (Wildman–Crippen MR) is 89.9 cm³/mol. The van der Waals surface area contributed by atoms with Crippen LogP contribution in [0.4, 0.5) is 5.69 Å². The van der Waals surface area contributed by atoms with E-state index in [4.69, 9.17) is 4.74 Å². The number of anilines is 1. The minimum absolute atomic E-state index is 0.162. The van der Waals surface area contributed by atoms with Gasteiger partial charge in [0.05, 0.1) is 13.7 Å². The van der Waals surface area contributed by atoms with Crippen molar-refractivity contribution in [1.29, 1.82) is 0 Å². The largest absolute Gasteiger partial charge is 0.497 e. The van der Waals surface area contributed by atoms with Crippen LogP contribution >= 0.6 is 0 Å². The SMILES string of the molecule is COc1ccc2c(c1)CCCN2C(=O)CN1CCCC(CO)C1. The molecule has 0 saturated carbocycles. The van der Waals surface area contributed by atoms with E-state index >= 15 is 0 Å². The molecule has 1 N–H and O–H groups in total. The van der Waals surface area contributed by atoms with Crippen LogP contribution < -0.4 is 9.64 Å². The third-order valence-corrected chi connectivity index (χ3v) is 4.93. The second kappa shape index (κ2) is 7.32. The molecule has 2 heterocycles. The molecule has 1 unspecified atom stereocenters. The number of rotatable bonds is 4. The first-order valence-corrected chi connectivity index (χ1v) is 8.51. The number of fused-ring (bicyclic) bond motifs is 1. The molecule has 1 fully saturated rings. The van der Waals surface area contributed by atoms with Crippen LogP contribution in [0.1, 0.15) is 24.8 Å². The van der Waals surface area contributed by atoms with Crippen LogP contribution in [0.15, 0.2) is 18.2 Å². The third-order valence-electron chi connectivity index (χ3n) is 4.93. The van der Waals surface area contributed by atoms with Gasteiger partial charge in [0.15, 0.2) is 0 Å². The Morgan fingerprint density at radius 1 is 1.35 bits per heavy atom. The zero-order chi connectivity index (χ0) is 16.2. The van der Waals surface area contributed by atoms with Gasteiger partial charge in [0.1, 0.15) is 5.75 Å². The number of nitrogens with zero attached hydrogens (tertiary/aromatic N) is 2. The molecule has 2 aliphatic heterocycles. The Morgan fingerprint density at radius 3 is 3.00 bits per heavy atom. The fourth-order valence-corrected chi connectivity index (χ4v) is 3.68. The van der Waals surface area contributed by atoms with Gasteiger partial charge < -0.3 is 14.7 Å². The minimum atomic E-state index is 0.162. The predicted octanol–water partition coefficient (Wildman–Crippen LogP) is 1.68. The van der Waals surface area contributed by atoms with Crippen molar-refractivity contribution >= 4 is 11.6 Å². The number of hydrogen-bond donors (Lipinski definition) is 1. The molecule has 0 aliphatic carbocycles. The number of carbonyl (C=O) groups is 1. The molecule has 1 saturated heterocycles. The number of hydrogen-bond acceptors (Lipinski definition) is 4. The Morgan fingerprint density at radius 2 is 2.22 bits per heavy atom. The van der Waals surface area contributed by atoms with Crippen molar-refractivity contribution in [3.8, 4) is 5.75 Å². The highest BCUT2D eigenvalue weighted by Crippen LogP contribution is 2.30. The summed E-state index contributed by atoms with van der Waals surface area (Å²) in [6.45, 7) is 3.23. The minimum Gasteiger partial charge on any atom is -0.497 e. The normalized spacial score (nSPS) is 21.8. The molecule has 3 rings (SSSR count). The van der Waals surface area contributed by atoms with Crippen molar-refractivity contribution in [3.63, 3.8) is 0 Å². The Kier molecular flexibility index (Phi) is 5.18. The summed E-state index contributed by atoms with van der Waals surface area (Å²) in [6, 6.07) is 5.96. The van der Waals surface area contributed by atoms with Gasteiger partial charge in [-0.25, -0.2) is 0 Å². The molecule has 1 aromatic carbocycles. The number of ether oxygens (including phenoxy) is 1. The van der Waals surface area contributed by atoms with Crippen LogP contribution in [-0.2, 0) is 11.2 Å². The summed E-state index contributed by atoms with van der Waals surface area (Å²) in [7, 11) is 1.67.